The molecule has 1 atom stereocenters. The number of fused-ring (bicyclic) bond motifs is 1. The minimum Gasteiger partial charge on any atom is -0.494 e. The van der Waals surface area contributed by atoms with E-state index in [9.17, 15) is 4.79 Å². The maximum absolute atomic E-state index is 12.4. The Labute approximate surface area is 159 Å². The predicted molar refractivity (Wildman–Crippen MR) is 105 cm³/mol. The summed E-state index contributed by atoms with van der Waals surface area (Å²) in [5, 5.41) is 3.95. The van der Waals surface area contributed by atoms with E-state index in [2.05, 4.69) is 5.32 Å². The van der Waals surface area contributed by atoms with Crippen molar-refractivity contribution in [1.29, 1.82) is 0 Å². The zero-order valence-electron chi connectivity index (χ0n) is 16.0. The maximum atomic E-state index is 12.4. The Morgan fingerprint density at radius 1 is 1.07 bits per heavy atom. The van der Waals surface area contributed by atoms with Crippen molar-refractivity contribution in [3.05, 3.63) is 59.9 Å². The van der Waals surface area contributed by atoms with Gasteiger partial charge in [0.25, 0.3) is 0 Å². The maximum Gasteiger partial charge on any atom is 0.224 e. The highest BCUT2D eigenvalue weighted by Gasteiger charge is 2.16. The molecule has 1 amide bonds. The fraction of sp³-hybridized carbons (Fsp3) is 0.318. The molecule has 3 rings (SSSR count). The average Bonchev–Trinajstić information content (AvgIpc) is 3.09. The lowest BCUT2D eigenvalue weighted by Gasteiger charge is -2.12. The second-order valence-corrected chi connectivity index (χ2v) is 6.30. The normalized spacial score (nSPS) is 12.0. The molecule has 3 aromatic rings. The van der Waals surface area contributed by atoms with E-state index < -0.39 is 0 Å². The third kappa shape index (κ3) is 4.61. The van der Waals surface area contributed by atoms with Crippen LogP contribution in [0, 0.1) is 0 Å². The van der Waals surface area contributed by atoms with Gasteiger partial charge >= 0.3 is 0 Å². The number of para-hydroxylation sites is 1. The first-order valence-corrected chi connectivity index (χ1v) is 9.27. The van der Waals surface area contributed by atoms with Crippen LogP contribution in [0.5, 0.6) is 11.5 Å². The minimum absolute atomic E-state index is 0.0582. The Hall–Kier alpha value is -2.95. The van der Waals surface area contributed by atoms with Crippen molar-refractivity contribution in [3.63, 3.8) is 0 Å². The number of benzene rings is 2. The van der Waals surface area contributed by atoms with Crippen molar-refractivity contribution in [1.82, 2.24) is 5.32 Å². The molecular weight excluding hydrogens is 342 g/mol. The molecule has 0 spiro atoms. The van der Waals surface area contributed by atoms with Gasteiger partial charge in [0.2, 0.25) is 5.91 Å². The van der Waals surface area contributed by atoms with Crippen LogP contribution in [0.1, 0.15) is 38.1 Å². The fourth-order valence-electron chi connectivity index (χ4n) is 2.96. The van der Waals surface area contributed by atoms with E-state index in [1.54, 1.807) is 0 Å². The van der Waals surface area contributed by atoms with Crippen molar-refractivity contribution in [2.75, 3.05) is 13.2 Å². The SMILES string of the molecule is CCOc1ccc(CC(=O)NC(C)c2cc3cccc(OCC)c3o2)cc1. The van der Waals surface area contributed by atoms with E-state index in [1.807, 2.05) is 69.3 Å². The number of nitrogens with one attached hydrogen (secondary N) is 1. The zero-order chi connectivity index (χ0) is 19.2. The number of carbonyl (C=O) groups is 1. The first-order valence-electron chi connectivity index (χ1n) is 9.27. The summed E-state index contributed by atoms with van der Waals surface area (Å²) in [6.45, 7) is 6.99. The molecule has 0 aliphatic carbocycles. The third-order valence-corrected chi connectivity index (χ3v) is 4.23. The molecule has 0 saturated carbocycles. The fourth-order valence-corrected chi connectivity index (χ4v) is 2.96. The van der Waals surface area contributed by atoms with E-state index in [-0.39, 0.29) is 11.9 Å². The lowest BCUT2D eigenvalue weighted by Crippen LogP contribution is -2.27. The largest absolute Gasteiger partial charge is 0.494 e. The summed E-state index contributed by atoms with van der Waals surface area (Å²) >= 11 is 0. The molecule has 27 heavy (non-hydrogen) atoms. The lowest BCUT2D eigenvalue weighted by atomic mass is 10.1. The molecular formula is C22H25NO4. The molecule has 0 aliphatic rings. The summed E-state index contributed by atoms with van der Waals surface area (Å²) in [5.74, 6) is 2.17. The van der Waals surface area contributed by atoms with Gasteiger partial charge in [0.05, 0.1) is 25.7 Å². The summed E-state index contributed by atoms with van der Waals surface area (Å²) in [6, 6.07) is 15.1. The van der Waals surface area contributed by atoms with Gasteiger partial charge in [-0.1, -0.05) is 24.3 Å². The van der Waals surface area contributed by atoms with Gasteiger partial charge in [0.15, 0.2) is 11.3 Å². The van der Waals surface area contributed by atoms with E-state index >= 15 is 0 Å². The monoisotopic (exact) mass is 367 g/mol. The molecule has 1 N–H and O–H groups in total. The summed E-state index contributed by atoms with van der Waals surface area (Å²) < 4.78 is 17.0. The van der Waals surface area contributed by atoms with Crippen LogP contribution in [0.3, 0.4) is 0 Å². The Balaban J connectivity index is 1.65. The highest BCUT2D eigenvalue weighted by molar-refractivity contribution is 5.84. The smallest absolute Gasteiger partial charge is 0.224 e. The van der Waals surface area contributed by atoms with Crippen LogP contribution in [-0.2, 0) is 11.2 Å². The Morgan fingerprint density at radius 3 is 2.52 bits per heavy atom. The quantitative estimate of drug-likeness (QED) is 0.629. The second-order valence-electron chi connectivity index (χ2n) is 6.30. The predicted octanol–water partition coefficient (Wildman–Crippen LogP) is 4.65. The van der Waals surface area contributed by atoms with Gasteiger partial charge in [0, 0.05) is 5.39 Å². The third-order valence-electron chi connectivity index (χ3n) is 4.23. The van der Waals surface area contributed by atoms with Gasteiger partial charge in [0.1, 0.15) is 11.5 Å². The molecule has 5 heteroatoms. The summed E-state index contributed by atoms with van der Waals surface area (Å²) in [4.78, 5) is 12.4. The van der Waals surface area contributed by atoms with Gasteiger partial charge in [-0.25, -0.2) is 0 Å². The van der Waals surface area contributed by atoms with E-state index in [0.29, 0.717) is 36.7 Å². The van der Waals surface area contributed by atoms with Crippen molar-refractivity contribution in [2.45, 2.75) is 33.2 Å². The van der Waals surface area contributed by atoms with Gasteiger partial charge < -0.3 is 19.2 Å². The van der Waals surface area contributed by atoms with Gasteiger partial charge in [-0.3, -0.25) is 4.79 Å². The van der Waals surface area contributed by atoms with Crippen molar-refractivity contribution >= 4 is 16.9 Å². The number of ether oxygens (including phenoxy) is 2. The molecule has 142 valence electrons. The molecule has 1 unspecified atom stereocenters. The summed E-state index contributed by atoms with van der Waals surface area (Å²) in [5.41, 5.74) is 1.65. The average molecular weight is 367 g/mol. The first-order chi connectivity index (χ1) is 13.1. The number of furan rings is 1. The van der Waals surface area contributed by atoms with Crippen LogP contribution in [-0.4, -0.2) is 19.1 Å². The molecule has 1 heterocycles. The number of carbonyl (C=O) groups excluding carboxylic acids is 1. The molecule has 0 radical (unpaired) electrons. The van der Waals surface area contributed by atoms with Gasteiger partial charge in [-0.2, -0.15) is 0 Å². The minimum atomic E-state index is -0.234. The topological polar surface area (TPSA) is 60.7 Å². The molecule has 1 aromatic heterocycles. The second kappa shape index (κ2) is 8.62. The van der Waals surface area contributed by atoms with Crippen molar-refractivity contribution < 1.29 is 18.7 Å². The number of rotatable bonds is 8. The lowest BCUT2D eigenvalue weighted by molar-refractivity contribution is -0.121. The standard InChI is InChI=1S/C22H25NO4/c1-4-25-18-11-9-16(10-12-18)13-21(24)23-15(3)20-14-17-7-6-8-19(26-5-2)22(17)27-20/h6-12,14-15H,4-5,13H2,1-3H3,(H,23,24). The molecule has 0 bridgehead atoms. The molecule has 0 aliphatic heterocycles. The van der Waals surface area contributed by atoms with Crippen LogP contribution < -0.4 is 14.8 Å². The van der Waals surface area contributed by atoms with Crippen LogP contribution in [0.4, 0.5) is 0 Å². The Kier molecular flexibility index (Phi) is 6.01. The Morgan fingerprint density at radius 2 is 1.81 bits per heavy atom. The number of hydrogen-bond donors (Lipinski definition) is 1. The summed E-state index contributed by atoms with van der Waals surface area (Å²) in [7, 11) is 0. The van der Waals surface area contributed by atoms with Crippen molar-refractivity contribution in [3.8, 4) is 11.5 Å². The van der Waals surface area contributed by atoms with Crippen LogP contribution in [0.25, 0.3) is 11.0 Å². The highest BCUT2D eigenvalue weighted by atomic mass is 16.5. The highest BCUT2D eigenvalue weighted by Crippen LogP contribution is 2.31. The molecule has 2 aromatic carbocycles. The molecule has 0 fully saturated rings. The molecule has 5 nitrogen and oxygen atoms in total. The van der Waals surface area contributed by atoms with Crippen LogP contribution >= 0.6 is 0 Å². The van der Waals surface area contributed by atoms with E-state index in [1.165, 1.54) is 0 Å². The number of hydrogen-bond acceptors (Lipinski definition) is 4. The first kappa shape index (κ1) is 18.8. The van der Waals surface area contributed by atoms with Crippen LogP contribution in [0.15, 0.2) is 52.9 Å². The molecule has 0 saturated heterocycles. The Bertz CT molecular complexity index is 898. The number of amides is 1. The van der Waals surface area contributed by atoms with E-state index in [4.69, 9.17) is 13.9 Å². The van der Waals surface area contributed by atoms with Gasteiger partial charge in [-0.05, 0) is 50.6 Å². The van der Waals surface area contributed by atoms with Crippen LogP contribution in [0.2, 0.25) is 0 Å². The van der Waals surface area contributed by atoms with Gasteiger partial charge in [-0.15, -0.1) is 0 Å². The van der Waals surface area contributed by atoms with Crippen molar-refractivity contribution in [2.24, 2.45) is 0 Å². The zero-order valence-corrected chi connectivity index (χ0v) is 16.0. The summed E-state index contributed by atoms with van der Waals surface area (Å²) in [6.07, 6.45) is 0.307. The van der Waals surface area contributed by atoms with E-state index in [0.717, 1.165) is 16.7 Å².